The molecule has 0 aromatic carbocycles. The number of amides is 1. The lowest BCUT2D eigenvalue weighted by molar-refractivity contribution is 0.0728. The van der Waals surface area contributed by atoms with Crippen LogP contribution in [0.15, 0.2) is 16.9 Å². The quantitative estimate of drug-likeness (QED) is 0.869. The number of hydrogen-bond donors (Lipinski definition) is 1. The summed E-state index contributed by atoms with van der Waals surface area (Å²) in [6.07, 6.45) is 3.31. The van der Waals surface area contributed by atoms with Crippen LogP contribution in [0.2, 0.25) is 0 Å². The number of halogens is 2. The van der Waals surface area contributed by atoms with Crippen molar-refractivity contribution in [3.63, 3.8) is 0 Å². The minimum atomic E-state index is -0.242. The van der Waals surface area contributed by atoms with E-state index in [0.717, 1.165) is 4.47 Å². The first-order valence-corrected chi connectivity index (χ1v) is 6.95. The predicted molar refractivity (Wildman–Crippen MR) is 85.5 cm³/mol. The largest absolute Gasteiger partial charge is 0.338 e. The fourth-order valence-electron chi connectivity index (χ4n) is 1.80. The molecule has 2 heterocycles. The highest BCUT2D eigenvalue weighted by Gasteiger charge is 2.24. The molecule has 0 saturated carbocycles. The van der Waals surface area contributed by atoms with Gasteiger partial charge in [-0.2, -0.15) is 4.98 Å². The van der Waals surface area contributed by atoms with Crippen molar-refractivity contribution in [3.05, 3.63) is 22.7 Å². The highest BCUT2D eigenvalue weighted by Crippen LogP contribution is 2.15. The molecule has 0 spiro atoms. The molecular weight excluding hydrogens is 360 g/mol. The van der Waals surface area contributed by atoms with E-state index in [1.807, 2.05) is 13.8 Å². The van der Waals surface area contributed by atoms with Crippen LogP contribution in [0.1, 0.15) is 24.5 Å². The molecule has 116 valence electrons. The van der Waals surface area contributed by atoms with Gasteiger partial charge in [-0.05, 0) is 27.9 Å². The van der Waals surface area contributed by atoms with E-state index in [2.05, 4.69) is 31.0 Å². The van der Waals surface area contributed by atoms with Crippen molar-refractivity contribution >= 4 is 40.0 Å². The van der Waals surface area contributed by atoms with Gasteiger partial charge in [-0.3, -0.25) is 4.79 Å². The number of aromatic nitrogens is 4. The standard InChI is InChI=1S/C12H17BrN6O.ClH/c1-12(2,6-14)7-18(3)10(20)9-16-11-15-4-8(13)5-19(11)17-9;/h4-5H,6-7,14H2,1-3H3;1H. The van der Waals surface area contributed by atoms with Gasteiger partial charge >= 0.3 is 0 Å². The Morgan fingerprint density at radius 3 is 2.81 bits per heavy atom. The summed E-state index contributed by atoms with van der Waals surface area (Å²) < 4.78 is 2.24. The lowest BCUT2D eigenvalue weighted by Gasteiger charge is -2.28. The summed E-state index contributed by atoms with van der Waals surface area (Å²) in [5.74, 6) is 0.280. The molecule has 0 bridgehead atoms. The molecule has 0 atom stereocenters. The number of fused-ring (bicyclic) bond motifs is 1. The van der Waals surface area contributed by atoms with E-state index in [4.69, 9.17) is 5.73 Å². The van der Waals surface area contributed by atoms with Gasteiger partial charge in [0.2, 0.25) is 5.82 Å². The van der Waals surface area contributed by atoms with Crippen LogP contribution in [0.5, 0.6) is 0 Å². The van der Waals surface area contributed by atoms with Crippen LogP contribution in [-0.2, 0) is 0 Å². The number of hydrogen-bond acceptors (Lipinski definition) is 5. The average molecular weight is 378 g/mol. The summed E-state index contributed by atoms with van der Waals surface area (Å²) >= 11 is 3.30. The van der Waals surface area contributed by atoms with Crippen LogP contribution in [0.25, 0.3) is 5.78 Å². The molecule has 0 unspecified atom stereocenters. The molecule has 0 radical (unpaired) electrons. The van der Waals surface area contributed by atoms with E-state index in [-0.39, 0.29) is 29.6 Å². The summed E-state index contributed by atoms with van der Waals surface area (Å²) in [5.41, 5.74) is 5.53. The van der Waals surface area contributed by atoms with Crippen LogP contribution in [-0.4, -0.2) is 50.5 Å². The Kier molecular flexibility index (Phi) is 5.66. The summed E-state index contributed by atoms with van der Waals surface area (Å²) in [6, 6.07) is 0. The highest BCUT2D eigenvalue weighted by atomic mass is 79.9. The first-order chi connectivity index (χ1) is 9.32. The average Bonchev–Trinajstić information content (AvgIpc) is 2.80. The monoisotopic (exact) mass is 376 g/mol. The van der Waals surface area contributed by atoms with E-state index in [1.54, 1.807) is 24.3 Å². The van der Waals surface area contributed by atoms with Gasteiger partial charge in [0.05, 0.1) is 4.47 Å². The van der Waals surface area contributed by atoms with Gasteiger partial charge in [0.15, 0.2) is 0 Å². The Bertz CT molecular complexity index is 644. The second kappa shape index (κ2) is 6.67. The number of nitrogens with two attached hydrogens (primary N) is 1. The van der Waals surface area contributed by atoms with Crippen molar-refractivity contribution in [2.45, 2.75) is 13.8 Å². The molecule has 0 fully saturated rings. The molecule has 2 aromatic rings. The van der Waals surface area contributed by atoms with Gasteiger partial charge in [0.1, 0.15) is 0 Å². The smallest absolute Gasteiger partial charge is 0.293 e. The lowest BCUT2D eigenvalue weighted by Crippen LogP contribution is -2.40. The van der Waals surface area contributed by atoms with Gasteiger partial charge in [-0.25, -0.2) is 9.50 Å². The molecule has 2 rings (SSSR count). The zero-order chi connectivity index (χ0) is 14.9. The van der Waals surface area contributed by atoms with E-state index in [0.29, 0.717) is 18.9 Å². The van der Waals surface area contributed by atoms with Crippen LogP contribution in [0, 0.1) is 5.41 Å². The van der Waals surface area contributed by atoms with Crippen molar-refractivity contribution in [3.8, 4) is 0 Å². The molecule has 9 heteroatoms. The Labute approximate surface area is 137 Å². The third-order valence-electron chi connectivity index (χ3n) is 2.92. The fourth-order valence-corrected chi connectivity index (χ4v) is 2.10. The van der Waals surface area contributed by atoms with Crippen LogP contribution < -0.4 is 5.73 Å². The minimum Gasteiger partial charge on any atom is -0.338 e. The molecule has 2 N–H and O–H groups in total. The summed E-state index contributed by atoms with van der Waals surface area (Å²) in [6.45, 7) is 5.05. The molecule has 7 nitrogen and oxygen atoms in total. The second-order valence-electron chi connectivity index (χ2n) is 5.48. The second-order valence-corrected chi connectivity index (χ2v) is 6.40. The van der Waals surface area contributed by atoms with Crippen molar-refractivity contribution in [1.82, 2.24) is 24.5 Å². The summed E-state index contributed by atoms with van der Waals surface area (Å²) in [4.78, 5) is 22.1. The Hall–Kier alpha value is -1.25. The van der Waals surface area contributed by atoms with E-state index >= 15 is 0 Å². The third kappa shape index (κ3) is 4.12. The van der Waals surface area contributed by atoms with Crippen molar-refractivity contribution in [2.24, 2.45) is 11.1 Å². The zero-order valence-electron chi connectivity index (χ0n) is 12.1. The SMILES string of the molecule is CN(CC(C)(C)CN)C(=O)c1nc2ncc(Br)cn2n1.Cl. The van der Waals surface area contributed by atoms with Crippen molar-refractivity contribution in [1.29, 1.82) is 0 Å². The fraction of sp³-hybridized carbons (Fsp3) is 0.500. The maximum atomic E-state index is 12.3. The van der Waals surface area contributed by atoms with Gasteiger partial charge < -0.3 is 10.6 Å². The summed E-state index contributed by atoms with van der Waals surface area (Å²) in [7, 11) is 1.72. The normalized spacial score (nSPS) is 11.3. The topological polar surface area (TPSA) is 89.4 Å². The maximum absolute atomic E-state index is 12.3. The minimum absolute atomic E-state index is 0. The van der Waals surface area contributed by atoms with Gasteiger partial charge in [-0.15, -0.1) is 17.5 Å². The van der Waals surface area contributed by atoms with Crippen LogP contribution in [0.4, 0.5) is 0 Å². The highest BCUT2D eigenvalue weighted by molar-refractivity contribution is 9.10. The maximum Gasteiger partial charge on any atom is 0.293 e. The zero-order valence-corrected chi connectivity index (χ0v) is 14.5. The van der Waals surface area contributed by atoms with Crippen LogP contribution in [0.3, 0.4) is 0 Å². The number of carbonyl (C=O) groups excluding carboxylic acids is 1. The molecule has 0 aliphatic heterocycles. The molecule has 0 aliphatic carbocycles. The number of carbonyl (C=O) groups is 1. The number of nitrogens with zero attached hydrogens (tertiary/aromatic N) is 5. The Morgan fingerprint density at radius 1 is 1.52 bits per heavy atom. The van der Waals surface area contributed by atoms with E-state index < -0.39 is 0 Å². The van der Waals surface area contributed by atoms with E-state index in [9.17, 15) is 4.79 Å². The van der Waals surface area contributed by atoms with E-state index in [1.165, 1.54) is 4.52 Å². The lowest BCUT2D eigenvalue weighted by atomic mass is 9.93. The molecule has 2 aromatic heterocycles. The first-order valence-electron chi connectivity index (χ1n) is 6.16. The molecular formula is C12H18BrClN6O. The number of rotatable bonds is 4. The van der Waals surface area contributed by atoms with Gasteiger partial charge in [-0.1, -0.05) is 13.8 Å². The molecule has 1 amide bonds. The van der Waals surface area contributed by atoms with Crippen LogP contribution >= 0.6 is 28.3 Å². The third-order valence-corrected chi connectivity index (χ3v) is 3.33. The van der Waals surface area contributed by atoms with Gasteiger partial charge in [0, 0.05) is 26.0 Å². The predicted octanol–water partition coefficient (Wildman–Crippen LogP) is 1.37. The Balaban J connectivity index is 0.00000220. The molecule has 0 aliphatic rings. The molecule has 0 saturated heterocycles. The van der Waals surface area contributed by atoms with Crippen molar-refractivity contribution in [2.75, 3.05) is 20.1 Å². The van der Waals surface area contributed by atoms with Crippen molar-refractivity contribution < 1.29 is 4.79 Å². The van der Waals surface area contributed by atoms with Gasteiger partial charge in [0.25, 0.3) is 11.7 Å². The Morgan fingerprint density at radius 2 is 2.19 bits per heavy atom. The summed E-state index contributed by atoms with van der Waals surface area (Å²) in [5, 5.41) is 4.14. The first kappa shape index (κ1) is 17.8. The molecule has 21 heavy (non-hydrogen) atoms.